The van der Waals surface area contributed by atoms with Crippen molar-refractivity contribution in [3.05, 3.63) is 23.8 Å². The maximum Gasteiger partial charge on any atom is 0.253 e. The van der Waals surface area contributed by atoms with E-state index in [0.717, 1.165) is 6.54 Å². The summed E-state index contributed by atoms with van der Waals surface area (Å²) in [6.07, 6.45) is 2.48. The molecule has 0 radical (unpaired) electrons. The first-order valence-electron chi connectivity index (χ1n) is 5.80. The minimum absolute atomic E-state index is 0.0197. The Balaban J connectivity index is 2.09. The van der Waals surface area contributed by atoms with Gasteiger partial charge in [0.2, 0.25) is 0 Å². The van der Waals surface area contributed by atoms with Crippen molar-refractivity contribution in [1.82, 2.24) is 4.90 Å². The van der Waals surface area contributed by atoms with Gasteiger partial charge < -0.3 is 15.4 Å². The molecule has 4 nitrogen and oxygen atoms in total. The van der Waals surface area contributed by atoms with Crippen molar-refractivity contribution in [3.8, 4) is 5.75 Å². The molecular formula is C13H18N2O2. The Kier molecular flexibility index (Phi) is 3.22. The maximum atomic E-state index is 12.1. The fourth-order valence-corrected chi connectivity index (χ4v) is 1.86. The molecule has 0 atom stereocenters. The van der Waals surface area contributed by atoms with Crippen LogP contribution in [0.15, 0.2) is 18.2 Å². The van der Waals surface area contributed by atoms with Crippen LogP contribution in [0.1, 0.15) is 23.2 Å². The fourth-order valence-electron chi connectivity index (χ4n) is 1.86. The molecule has 4 heteroatoms. The standard InChI is InChI=1S/C13H18N2O2/c1-15(8-9-3-4-9)13(16)10-5-6-12(17-2)11(14)7-10/h5-7,9H,3-4,8,14H2,1-2H3. The van der Waals surface area contributed by atoms with Gasteiger partial charge in [-0.25, -0.2) is 0 Å². The minimum atomic E-state index is 0.0197. The molecule has 1 fully saturated rings. The molecule has 1 aliphatic carbocycles. The number of carbonyl (C=O) groups is 1. The molecular weight excluding hydrogens is 216 g/mol. The SMILES string of the molecule is COc1ccc(C(=O)N(C)CC2CC2)cc1N. The molecule has 1 aromatic rings. The first-order valence-corrected chi connectivity index (χ1v) is 5.80. The molecule has 2 rings (SSSR count). The topological polar surface area (TPSA) is 55.6 Å². The van der Waals surface area contributed by atoms with E-state index < -0.39 is 0 Å². The zero-order valence-electron chi connectivity index (χ0n) is 10.3. The van der Waals surface area contributed by atoms with Crippen molar-refractivity contribution < 1.29 is 9.53 Å². The summed E-state index contributed by atoms with van der Waals surface area (Å²) >= 11 is 0. The van der Waals surface area contributed by atoms with Gasteiger partial charge in [-0.05, 0) is 37.0 Å². The summed E-state index contributed by atoms with van der Waals surface area (Å²) in [7, 11) is 3.40. The molecule has 0 saturated heterocycles. The van der Waals surface area contributed by atoms with Gasteiger partial charge in [0.15, 0.2) is 0 Å². The minimum Gasteiger partial charge on any atom is -0.495 e. The summed E-state index contributed by atoms with van der Waals surface area (Å²) in [6, 6.07) is 5.15. The van der Waals surface area contributed by atoms with Gasteiger partial charge in [-0.15, -0.1) is 0 Å². The summed E-state index contributed by atoms with van der Waals surface area (Å²) in [5.41, 5.74) is 6.90. The molecule has 0 bridgehead atoms. The molecule has 17 heavy (non-hydrogen) atoms. The highest BCUT2D eigenvalue weighted by Gasteiger charge is 2.25. The summed E-state index contributed by atoms with van der Waals surface area (Å²) < 4.78 is 5.06. The van der Waals surface area contributed by atoms with E-state index in [0.29, 0.717) is 22.9 Å². The van der Waals surface area contributed by atoms with Gasteiger partial charge in [-0.2, -0.15) is 0 Å². The Morgan fingerprint density at radius 3 is 2.76 bits per heavy atom. The molecule has 0 aliphatic heterocycles. The zero-order valence-corrected chi connectivity index (χ0v) is 10.3. The summed E-state index contributed by atoms with van der Waals surface area (Å²) in [5.74, 6) is 1.32. The predicted octanol–water partition coefficient (Wildman–Crippen LogP) is 1.76. The van der Waals surface area contributed by atoms with Crippen molar-refractivity contribution in [2.24, 2.45) is 5.92 Å². The number of methoxy groups -OCH3 is 1. The van der Waals surface area contributed by atoms with E-state index in [1.165, 1.54) is 12.8 Å². The van der Waals surface area contributed by atoms with Crippen LogP contribution in [0.2, 0.25) is 0 Å². The van der Waals surface area contributed by atoms with E-state index in [1.54, 1.807) is 30.2 Å². The largest absolute Gasteiger partial charge is 0.495 e. The zero-order chi connectivity index (χ0) is 12.4. The highest BCUT2D eigenvalue weighted by atomic mass is 16.5. The Bertz CT molecular complexity index is 427. The van der Waals surface area contributed by atoms with Crippen LogP contribution in [0.25, 0.3) is 0 Å². The van der Waals surface area contributed by atoms with E-state index >= 15 is 0 Å². The number of anilines is 1. The average Bonchev–Trinajstić information content (AvgIpc) is 3.11. The van der Waals surface area contributed by atoms with Crippen LogP contribution >= 0.6 is 0 Å². The van der Waals surface area contributed by atoms with E-state index in [9.17, 15) is 4.79 Å². The number of nitrogens with two attached hydrogens (primary N) is 1. The summed E-state index contributed by atoms with van der Waals surface area (Å²) in [4.78, 5) is 13.9. The number of hydrogen-bond donors (Lipinski definition) is 1. The second-order valence-corrected chi connectivity index (χ2v) is 4.59. The molecule has 0 unspecified atom stereocenters. The number of nitrogens with zero attached hydrogens (tertiary/aromatic N) is 1. The number of carbonyl (C=O) groups excluding carboxylic acids is 1. The lowest BCUT2D eigenvalue weighted by atomic mass is 10.1. The lowest BCUT2D eigenvalue weighted by molar-refractivity contribution is 0.0788. The number of hydrogen-bond acceptors (Lipinski definition) is 3. The Hall–Kier alpha value is -1.71. The number of amides is 1. The van der Waals surface area contributed by atoms with Crippen molar-refractivity contribution in [2.75, 3.05) is 26.4 Å². The van der Waals surface area contributed by atoms with Crippen LogP contribution in [0, 0.1) is 5.92 Å². The van der Waals surface area contributed by atoms with Crippen LogP contribution in [-0.2, 0) is 0 Å². The first-order chi connectivity index (χ1) is 8.11. The molecule has 1 aliphatic rings. The second kappa shape index (κ2) is 4.65. The quantitative estimate of drug-likeness (QED) is 0.808. The lowest BCUT2D eigenvalue weighted by Crippen LogP contribution is -2.28. The number of rotatable bonds is 4. The van der Waals surface area contributed by atoms with E-state index in [4.69, 9.17) is 10.5 Å². The molecule has 1 amide bonds. The average molecular weight is 234 g/mol. The van der Waals surface area contributed by atoms with Gasteiger partial charge in [0.05, 0.1) is 12.8 Å². The fraction of sp³-hybridized carbons (Fsp3) is 0.462. The third-order valence-electron chi connectivity index (χ3n) is 3.05. The molecule has 0 spiro atoms. The summed E-state index contributed by atoms with van der Waals surface area (Å²) in [6.45, 7) is 0.838. The van der Waals surface area contributed by atoms with Gasteiger partial charge in [-0.1, -0.05) is 0 Å². The van der Waals surface area contributed by atoms with Crippen molar-refractivity contribution in [1.29, 1.82) is 0 Å². The van der Waals surface area contributed by atoms with E-state index in [2.05, 4.69) is 0 Å². The third-order valence-corrected chi connectivity index (χ3v) is 3.05. The van der Waals surface area contributed by atoms with Crippen molar-refractivity contribution >= 4 is 11.6 Å². The van der Waals surface area contributed by atoms with Gasteiger partial charge in [-0.3, -0.25) is 4.79 Å². The molecule has 2 N–H and O–H groups in total. The Morgan fingerprint density at radius 2 is 2.24 bits per heavy atom. The molecule has 92 valence electrons. The smallest absolute Gasteiger partial charge is 0.253 e. The maximum absolute atomic E-state index is 12.1. The monoisotopic (exact) mass is 234 g/mol. The van der Waals surface area contributed by atoms with E-state index in [1.807, 2.05) is 7.05 Å². The molecule has 0 aromatic heterocycles. The van der Waals surface area contributed by atoms with Crippen LogP contribution < -0.4 is 10.5 Å². The lowest BCUT2D eigenvalue weighted by Gasteiger charge is -2.17. The number of ether oxygens (including phenoxy) is 1. The van der Waals surface area contributed by atoms with Crippen molar-refractivity contribution in [2.45, 2.75) is 12.8 Å². The van der Waals surface area contributed by atoms with Gasteiger partial charge in [0.1, 0.15) is 5.75 Å². The van der Waals surface area contributed by atoms with Crippen LogP contribution in [-0.4, -0.2) is 31.5 Å². The highest BCUT2D eigenvalue weighted by Crippen LogP contribution is 2.30. The van der Waals surface area contributed by atoms with Crippen LogP contribution in [0.5, 0.6) is 5.75 Å². The van der Waals surface area contributed by atoms with Crippen LogP contribution in [0.3, 0.4) is 0 Å². The first kappa shape index (κ1) is 11.8. The Morgan fingerprint density at radius 1 is 1.53 bits per heavy atom. The third kappa shape index (κ3) is 2.70. The molecule has 1 saturated carbocycles. The van der Waals surface area contributed by atoms with Crippen molar-refractivity contribution in [3.63, 3.8) is 0 Å². The van der Waals surface area contributed by atoms with Gasteiger partial charge in [0, 0.05) is 19.2 Å². The summed E-state index contributed by atoms with van der Waals surface area (Å²) in [5, 5.41) is 0. The number of benzene rings is 1. The molecule has 1 aromatic carbocycles. The predicted molar refractivity (Wildman–Crippen MR) is 67.1 cm³/mol. The van der Waals surface area contributed by atoms with Gasteiger partial charge in [0.25, 0.3) is 5.91 Å². The second-order valence-electron chi connectivity index (χ2n) is 4.59. The number of nitrogen functional groups attached to an aromatic ring is 1. The van der Waals surface area contributed by atoms with Gasteiger partial charge >= 0.3 is 0 Å². The highest BCUT2D eigenvalue weighted by molar-refractivity contribution is 5.95. The Labute approximate surface area is 101 Å². The normalized spacial score (nSPS) is 14.5. The molecule has 0 heterocycles. The van der Waals surface area contributed by atoms with E-state index in [-0.39, 0.29) is 5.91 Å². The van der Waals surface area contributed by atoms with Crippen LogP contribution in [0.4, 0.5) is 5.69 Å².